The Labute approximate surface area is 434 Å². The van der Waals surface area contributed by atoms with Crippen LogP contribution in [0.4, 0.5) is 0 Å². The van der Waals surface area contributed by atoms with Crippen molar-refractivity contribution in [2.75, 3.05) is 13.2 Å². The molecule has 0 aromatic heterocycles. The van der Waals surface area contributed by atoms with E-state index in [1.165, 1.54) is 161 Å². The maximum absolute atomic E-state index is 13.2. The third kappa shape index (κ3) is 37.5. The molecule has 1 aliphatic heterocycles. The first kappa shape index (κ1) is 67.1. The largest absolute Gasteiger partial charge is 0.394 e. The van der Waals surface area contributed by atoms with Gasteiger partial charge in [0.15, 0.2) is 6.29 Å². The molecule has 0 aromatic rings. The van der Waals surface area contributed by atoms with Gasteiger partial charge in [0, 0.05) is 0 Å². The zero-order valence-electron chi connectivity index (χ0n) is 45.5. The lowest BCUT2D eigenvalue weighted by molar-refractivity contribution is -0.303. The summed E-state index contributed by atoms with van der Waals surface area (Å²) in [6.45, 7) is 3.42. The average Bonchev–Trinajstić information content (AvgIpc) is 3.37. The summed E-state index contributed by atoms with van der Waals surface area (Å²) in [6, 6.07) is -1.20. The van der Waals surface area contributed by atoms with Gasteiger partial charge in [0.05, 0.1) is 25.4 Å². The van der Waals surface area contributed by atoms with Crippen molar-refractivity contribution >= 4 is 5.91 Å². The summed E-state index contributed by atoms with van der Waals surface area (Å²) in [6.07, 6.45) is 50.2. The lowest BCUT2D eigenvalue weighted by Crippen LogP contribution is -2.60. The normalized spacial score (nSPS) is 20.5. The van der Waals surface area contributed by atoms with Gasteiger partial charge in [-0.15, -0.1) is 0 Å². The van der Waals surface area contributed by atoms with Crippen LogP contribution >= 0.6 is 0 Å². The summed E-state index contributed by atoms with van der Waals surface area (Å²) in [5, 5.41) is 76.1. The SMILES string of the molecule is CCCCC/C=C\C=C/CCCCCCCCCCCC(O)C(=O)NC(COC1OC(CO)C(O)C(O)C1O)C(O)C(O)CCC/C=C/CC/C=C/CCCCCCCCCCCCCCCCCCC. The Kier molecular flexibility index (Phi) is 46.3. The van der Waals surface area contributed by atoms with Gasteiger partial charge in [-0.25, -0.2) is 0 Å². The Morgan fingerprint density at radius 2 is 0.887 bits per heavy atom. The summed E-state index contributed by atoms with van der Waals surface area (Å²) >= 11 is 0. The van der Waals surface area contributed by atoms with Crippen LogP contribution in [0.1, 0.15) is 258 Å². The lowest BCUT2D eigenvalue weighted by atomic mass is 9.98. The first-order valence-electron chi connectivity index (χ1n) is 29.6. The molecule has 8 N–H and O–H groups in total. The van der Waals surface area contributed by atoms with Crippen molar-refractivity contribution in [2.45, 2.75) is 313 Å². The Hall–Kier alpha value is -1.93. The summed E-state index contributed by atoms with van der Waals surface area (Å²) in [5.74, 6) is -0.714. The first-order chi connectivity index (χ1) is 34.7. The van der Waals surface area contributed by atoms with Crippen LogP contribution in [0.3, 0.4) is 0 Å². The van der Waals surface area contributed by atoms with E-state index in [1.54, 1.807) is 0 Å². The van der Waals surface area contributed by atoms with Crippen molar-refractivity contribution in [1.29, 1.82) is 0 Å². The number of aliphatic hydroxyl groups excluding tert-OH is 7. The number of hydrogen-bond donors (Lipinski definition) is 8. The molecule has 0 spiro atoms. The Morgan fingerprint density at radius 3 is 1.37 bits per heavy atom. The molecule has 0 radical (unpaired) electrons. The molecule has 416 valence electrons. The number of amides is 1. The van der Waals surface area contributed by atoms with Gasteiger partial charge < -0.3 is 50.5 Å². The molecule has 1 amide bonds. The molecule has 9 unspecified atom stereocenters. The fourth-order valence-electron chi connectivity index (χ4n) is 9.27. The van der Waals surface area contributed by atoms with Crippen LogP contribution in [0.15, 0.2) is 48.6 Å². The summed E-state index contributed by atoms with van der Waals surface area (Å²) in [4.78, 5) is 13.2. The number of hydrogen-bond acceptors (Lipinski definition) is 10. The number of carbonyl (C=O) groups is 1. The van der Waals surface area contributed by atoms with Crippen LogP contribution in [0, 0.1) is 0 Å². The second-order valence-electron chi connectivity index (χ2n) is 20.7. The van der Waals surface area contributed by atoms with Crippen molar-refractivity contribution in [1.82, 2.24) is 5.32 Å². The number of ether oxygens (including phenoxy) is 2. The molecule has 71 heavy (non-hydrogen) atoms. The highest BCUT2D eigenvalue weighted by molar-refractivity contribution is 5.80. The summed E-state index contributed by atoms with van der Waals surface area (Å²) in [7, 11) is 0. The van der Waals surface area contributed by atoms with E-state index < -0.39 is 74.2 Å². The third-order valence-corrected chi connectivity index (χ3v) is 14.1. The van der Waals surface area contributed by atoms with E-state index in [4.69, 9.17) is 9.47 Å². The minimum absolute atomic E-state index is 0.244. The fraction of sp³-hybridized carbons (Fsp3) is 0.850. The maximum Gasteiger partial charge on any atom is 0.249 e. The van der Waals surface area contributed by atoms with Crippen molar-refractivity contribution < 1.29 is 50.0 Å². The monoisotopic (exact) mass is 1010 g/mol. The molecular weight excluding hydrogens is 895 g/mol. The summed E-state index contributed by atoms with van der Waals surface area (Å²) in [5.41, 5.74) is 0. The van der Waals surface area contributed by atoms with Gasteiger partial charge in [-0.1, -0.05) is 229 Å². The van der Waals surface area contributed by atoms with Crippen LogP contribution < -0.4 is 5.32 Å². The predicted molar refractivity (Wildman–Crippen MR) is 293 cm³/mol. The average molecular weight is 1010 g/mol. The molecule has 11 heteroatoms. The van der Waals surface area contributed by atoms with E-state index >= 15 is 0 Å². The molecule has 0 saturated carbocycles. The second-order valence-corrected chi connectivity index (χ2v) is 20.7. The highest BCUT2D eigenvalue weighted by Gasteiger charge is 2.44. The fourth-order valence-corrected chi connectivity index (χ4v) is 9.27. The maximum atomic E-state index is 13.2. The number of rotatable bonds is 50. The first-order valence-corrected chi connectivity index (χ1v) is 29.6. The quantitative estimate of drug-likeness (QED) is 0.0165. The Morgan fingerprint density at radius 1 is 0.493 bits per heavy atom. The molecule has 0 aliphatic carbocycles. The number of aliphatic hydroxyl groups is 7. The number of allylic oxidation sites excluding steroid dienone is 8. The standard InChI is InChI=1S/C60H111NO10/c1-3-5-7-9-11-13-15-17-19-21-23-24-25-26-27-28-29-30-32-33-35-37-39-41-43-45-47-52(63)55(65)51(50-70-60-58(68)57(67)56(66)54(49-62)71-60)61-59(69)53(64)48-46-44-42-40-38-36-34-31-22-20-18-16-14-12-10-8-6-4-2/h12,14,16,18,32-33,39,41,51-58,60,62-68H,3-11,13,15,17,19-31,34-38,40,42-50H2,1-2H3,(H,61,69)/b14-12-,18-16-,33-32+,41-39+. The minimum Gasteiger partial charge on any atom is -0.394 e. The highest BCUT2D eigenvalue weighted by Crippen LogP contribution is 2.23. The van der Waals surface area contributed by atoms with Gasteiger partial charge in [0.2, 0.25) is 5.91 Å². The molecule has 1 heterocycles. The van der Waals surface area contributed by atoms with Gasteiger partial charge >= 0.3 is 0 Å². The topological polar surface area (TPSA) is 189 Å². The number of carbonyl (C=O) groups excluding carboxylic acids is 1. The van der Waals surface area contributed by atoms with Crippen molar-refractivity contribution in [3.8, 4) is 0 Å². The van der Waals surface area contributed by atoms with E-state index in [0.29, 0.717) is 19.3 Å². The number of nitrogens with one attached hydrogen (secondary N) is 1. The second kappa shape index (κ2) is 49.0. The molecular formula is C60H111NO10. The highest BCUT2D eigenvalue weighted by atomic mass is 16.7. The molecule has 11 nitrogen and oxygen atoms in total. The van der Waals surface area contributed by atoms with Crippen LogP contribution in [0.2, 0.25) is 0 Å². The molecule has 0 aromatic carbocycles. The molecule has 0 bridgehead atoms. The zero-order valence-corrected chi connectivity index (χ0v) is 45.5. The Bertz CT molecular complexity index is 1290. The van der Waals surface area contributed by atoms with E-state index in [0.717, 1.165) is 51.4 Å². The van der Waals surface area contributed by atoms with E-state index in [2.05, 4.69) is 67.8 Å². The van der Waals surface area contributed by atoms with E-state index in [9.17, 15) is 40.5 Å². The predicted octanol–water partition coefficient (Wildman–Crippen LogP) is 12.5. The van der Waals surface area contributed by atoms with Crippen molar-refractivity contribution in [2.24, 2.45) is 0 Å². The van der Waals surface area contributed by atoms with Gasteiger partial charge in [-0.3, -0.25) is 4.79 Å². The molecule has 1 saturated heterocycles. The van der Waals surface area contributed by atoms with Crippen LogP contribution in [0.5, 0.6) is 0 Å². The minimum atomic E-state index is -1.67. The number of unbranched alkanes of at least 4 members (excludes halogenated alkanes) is 31. The smallest absolute Gasteiger partial charge is 0.249 e. The van der Waals surface area contributed by atoms with Crippen molar-refractivity contribution in [3.05, 3.63) is 48.6 Å². The van der Waals surface area contributed by atoms with Gasteiger partial charge in [-0.05, 0) is 77.0 Å². The Balaban J connectivity index is 2.33. The van der Waals surface area contributed by atoms with Gasteiger partial charge in [0.1, 0.15) is 36.6 Å². The van der Waals surface area contributed by atoms with E-state index in [-0.39, 0.29) is 12.8 Å². The van der Waals surface area contributed by atoms with E-state index in [1.807, 2.05) is 0 Å². The third-order valence-electron chi connectivity index (χ3n) is 14.1. The van der Waals surface area contributed by atoms with Gasteiger partial charge in [0.25, 0.3) is 0 Å². The van der Waals surface area contributed by atoms with Gasteiger partial charge in [-0.2, -0.15) is 0 Å². The van der Waals surface area contributed by atoms with Crippen LogP contribution in [-0.2, 0) is 14.3 Å². The molecule has 9 atom stereocenters. The molecule has 1 rings (SSSR count). The summed E-state index contributed by atoms with van der Waals surface area (Å²) < 4.78 is 11.1. The molecule has 1 fully saturated rings. The zero-order chi connectivity index (χ0) is 51.8. The lowest BCUT2D eigenvalue weighted by Gasteiger charge is -2.40. The van der Waals surface area contributed by atoms with Crippen molar-refractivity contribution in [3.63, 3.8) is 0 Å². The van der Waals surface area contributed by atoms with Crippen LogP contribution in [-0.4, -0.2) is 110 Å². The van der Waals surface area contributed by atoms with Crippen LogP contribution in [0.25, 0.3) is 0 Å². The molecule has 1 aliphatic rings.